The molecule has 11 heteroatoms. The predicted octanol–water partition coefficient (Wildman–Crippen LogP) is 1.04. The van der Waals surface area contributed by atoms with Crippen LogP contribution in [-0.2, 0) is 23.9 Å². The van der Waals surface area contributed by atoms with Crippen molar-refractivity contribution in [3.63, 3.8) is 0 Å². The number of rotatable bonds is 1. The molecule has 0 aromatic rings. The van der Waals surface area contributed by atoms with Crippen molar-refractivity contribution >= 4 is 40.4 Å². The highest BCUT2D eigenvalue weighted by Gasteiger charge is 2.43. The molecule has 2 unspecified atom stereocenters. The largest absolute Gasteiger partial charge is 0.467 e. The molecule has 10 nitrogen and oxygen atoms in total. The lowest BCUT2D eigenvalue weighted by atomic mass is 10.1. The van der Waals surface area contributed by atoms with Crippen LogP contribution in [-0.4, -0.2) is 82.8 Å². The number of carbonyl (C=O) groups excluding carboxylic acids is 3. The van der Waals surface area contributed by atoms with E-state index < -0.39 is 18.1 Å². The summed E-state index contributed by atoms with van der Waals surface area (Å²) in [4.78, 5) is 38.8. The van der Waals surface area contributed by atoms with Gasteiger partial charge in [-0.3, -0.25) is 14.6 Å². The number of carbonyl (C=O) groups is 3. The lowest BCUT2D eigenvalue weighted by Crippen LogP contribution is -2.50. The van der Waals surface area contributed by atoms with Gasteiger partial charge in [-0.25, -0.2) is 4.79 Å². The van der Waals surface area contributed by atoms with E-state index in [2.05, 4.69) is 38.2 Å². The number of hydrogen-bond donors (Lipinski definition) is 1. The van der Waals surface area contributed by atoms with Crippen molar-refractivity contribution in [3.05, 3.63) is 0 Å². The Morgan fingerprint density at radius 1 is 1.31 bits per heavy atom. The lowest BCUT2D eigenvalue weighted by Gasteiger charge is -2.26. The van der Waals surface area contributed by atoms with Crippen LogP contribution in [0.25, 0.3) is 0 Å². The molecule has 0 spiro atoms. The molecule has 1 N–H and O–H groups in total. The Kier molecular flexibility index (Phi) is 7.66. The predicted molar refractivity (Wildman–Crippen MR) is 111 cm³/mol. The van der Waals surface area contributed by atoms with Gasteiger partial charge in [-0.05, 0) is 19.8 Å². The van der Waals surface area contributed by atoms with E-state index in [1.807, 2.05) is 5.01 Å². The summed E-state index contributed by atoms with van der Waals surface area (Å²) in [6.45, 7) is 3.08. The van der Waals surface area contributed by atoms with Gasteiger partial charge in [0.1, 0.15) is 22.2 Å². The van der Waals surface area contributed by atoms with E-state index in [4.69, 9.17) is 9.47 Å². The first-order chi connectivity index (χ1) is 13.9. The van der Waals surface area contributed by atoms with Gasteiger partial charge in [0.2, 0.25) is 11.8 Å². The third-order valence-corrected chi connectivity index (χ3v) is 6.95. The third kappa shape index (κ3) is 5.36. The van der Waals surface area contributed by atoms with E-state index >= 15 is 0 Å². The molecule has 0 saturated carbocycles. The number of esters is 1. The normalized spacial score (nSPS) is 34.1. The third-order valence-electron chi connectivity index (χ3n) is 5.48. The number of fused-ring (bicyclic) bond motifs is 4. The lowest BCUT2D eigenvalue weighted by molar-refractivity contribution is -0.151. The second-order valence-corrected chi connectivity index (χ2v) is 8.90. The summed E-state index contributed by atoms with van der Waals surface area (Å²) >= 11 is 2.32. The van der Waals surface area contributed by atoms with Crippen LogP contribution in [0.2, 0.25) is 0 Å². The zero-order chi connectivity index (χ0) is 21.0. The van der Waals surface area contributed by atoms with Crippen LogP contribution in [0, 0.1) is 0 Å². The van der Waals surface area contributed by atoms with Crippen LogP contribution in [0.5, 0.6) is 0 Å². The SMILES string of the molecule is COC(=O)[C@@H]1C[C@@H]2CN1C(=O)[C@H](C)NC(=O)CCCCCN1N=NC(CO2)C1I. The quantitative estimate of drug-likeness (QED) is 0.239. The Morgan fingerprint density at radius 3 is 2.86 bits per heavy atom. The number of nitrogens with zero attached hydrogens (tertiary/aromatic N) is 4. The van der Waals surface area contributed by atoms with Gasteiger partial charge in [-0.2, -0.15) is 5.11 Å². The number of alkyl halides is 1. The molecule has 2 amide bonds. The van der Waals surface area contributed by atoms with Crippen LogP contribution in [0.1, 0.15) is 39.0 Å². The van der Waals surface area contributed by atoms with Gasteiger partial charge in [0.25, 0.3) is 0 Å². The first-order valence-corrected chi connectivity index (χ1v) is 11.3. The maximum atomic E-state index is 12.9. The van der Waals surface area contributed by atoms with Crippen LogP contribution in [0.3, 0.4) is 0 Å². The molecule has 3 heterocycles. The molecular formula is C18H28IN5O5. The average molecular weight is 521 g/mol. The highest BCUT2D eigenvalue weighted by molar-refractivity contribution is 14.1. The second kappa shape index (κ2) is 10.0. The number of halogens is 1. The van der Waals surface area contributed by atoms with Crippen molar-refractivity contribution in [1.82, 2.24) is 15.2 Å². The molecule has 3 aliphatic heterocycles. The molecule has 3 aliphatic rings. The fourth-order valence-corrected chi connectivity index (χ4v) is 4.57. The first-order valence-electron chi connectivity index (χ1n) is 10.0. The Balaban J connectivity index is 1.74. The van der Waals surface area contributed by atoms with Gasteiger partial charge in [0.05, 0.1) is 19.8 Å². The first kappa shape index (κ1) is 22.2. The van der Waals surface area contributed by atoms with Crippen molar-refractivity contribution < 1.29 is 23.9 Å². The maximum Gasteiger partial charge on any atom is 0.328 e. The zero-order valence-electron chi connectivity index (χ0n) is 16.8. The molecule has 2 fully saturated rings. The summed E-state index contributed by atoms with van der Waals surface area (Å²) in [6.07, 6.45) is 2.98. The van der Waals surface area contributed by atoms with E-state index in [1.54, 1.807) is 6.92 Å². The van der Waals surface area contributed by atoms with Crippen molar-refractivity contribution in [2.24, 2.45) is 10.3 Å². The van der Waals surface area contributed by atoms with Crippen LogP contribution in [0.15, 0.2) is 10.3 Å². The zero-order valence-corrected chi connectivity index (χ0v) is 18.9. The summed E-state index contributed by atoms with van der Waals surface area (Å²) in [7, 11) is 1.30. The maximum absolute atomic E-state index is 12.9. The fourth-order valence-electron chi connectivity index (χ4n) is 3.83. The monoisotopic (exact) mass is 521 g/mol. The van der Waals surface area contributed by atoms with Gasteiger partial charge in [-0.15, -0.1) is 0 Å². The van der Waals surface area contributed by atoms with Crippen molar-refractivity contribution in [3.8, 4) is 0 Å². The number of methoxy groups -OCH3 is 1. The molecule has 0 aromatic heterocycles. The van der Waals surface area contributed by atoms with E-state index in [0.29, 0.717) is 19.4 Å². The molecule has 2 saturated heterocycles. The fraction of sp³-hybridized carbons (Fsp3) is 0.833. The van der Waals surface area contributed by atoms with E-state index in [-0.39, 0.29) is 34.6 Å². The van der Waals surface area contributed by atoms with Crippen LogP contribution in [0.4, 0.5) is 0 Å². The summed E-state index contributed by atoms with van der Waals surface area (Å²) < 4.78 is 11.0. The number of nitrogens with one attached hydrogen (secondary N) is 1. The number of ether oxygens (including phenoxy) is 2. The standard InChI is InChI=1S/C18H28IN5O5/c1-11-17(26)23-9-12(8-14(23)18(27)28-2)29-10-13-16(19)24(22-21-13)7-5-3-4-6-15(25)20-11/h11-14,16H,3-10H2,1-2H3,(H,20,25)/t11-,12+,13?,14-,16?/m0/s1. The van der Waals surface area contributed by atoms with Crippen molar-refractivity contribution in [2.45, 2.75) is 67.3 Å². The van der Waals surface area contributed by atoms with Crippen LogP contribution >= 0.6 is 22.6 Å². The van der Waals surface area contributed by atoms with Crippen molar-refractivity contribution in [1.29, 1.82) is 0 Å². The highest BCUT2D eigenvalue weighted by Crippen LogP contribution is 2.27. The molecule has 3 rings (SSSR count). The highest BCUT2D eigenvalue weighted by atomic mass is 127. The van der Waals surface area contributed by atoms with E-state index in [0.717, 1.165) is 25.8 Å². The molecule has 162 valence electrons. The van der Waals surface area contributed by atoms with Gasteiger partial charge in [0.15, 0.2) is 0 Å². The number of amides is 2. The number of hydrogen-bond acceptors (Lipinski definition) is 8. The molecule has 4 bridgehead atoms. The Morgan fingerprint density at radius 2 is 2.10 bits per heavy atom. The van der Waals surface area contributed by atoms with Gasteiger partial charge >= 0.3 is 5.97 Å². The topological polar surface area (TPSA) is 113 Å². The van der Waals surface area contributed by atoms with E-state index in [9.17, 15) is 14.4 Å². The molecule has 5 atom stereocenters. The smallest absolute Gasteiger partial charge is 0.328 e. The van der Waals surface area contributed by atoms with Gasteiger partial charge < -0.3 is 19.7 Å². The molecule has 0 radical (unpaired) electrons. The van der Waals surface area contributed by atoms with Gasteiger partial charge in [0, 0.05) is 25.9 Å². The molecule has 0 aromatic carbocycles. The summed E-state index contributed by atoms with van der Waals surface area (Å²) in [5, 5.41) is 13.3. The second-order valence-electron chi connectivity index (χ2n) is 7.63. The molecule has 0 aliphatic carbocycles. The Hall–Kier alpha value is -1.50. The molecular weight excluding hydrogens is 493 g/mol. The van der Waals surface area contributed by atoms with E-state index in [1.165, 1.54) is 12.0 Å². The van der Waals surface area contributed by atoms with Gasteiger partial charge in [-0.1, -0.05) is 34.2 Å². The summed E-state index contributed by atoms with van der Waals surface area (Å²) in [5.41, 5.74) is 0. The Labute approximate surface area is 183 Å². The molecule has 29 heavy (non-hydrogen) atoms. The van der Waals surface area contributed by atoms with Crippen molar-refractivity contribution in [2.75, 3.05) is 26.8 Å². The minimum absolute atomic E-state index is 0.0882. The van der Waals surface area contributed by atoms with Crippen LogP contribution < -0.4 is 5.32 Å². The average Bonchev–Trinajstić information content (AvgIpc) is 3.28. The minimum atomic E-state index is -0.715. The summed E-state index contributed by atoms with van der Waals surface area (Å²) in [6, 6.07) is -1.51. The minimum Gasteiger partial charge on any atom is -0.467 e. The Bertz CT molecular complexity index is 663. The summed E-state index contributed by atoms with van der Waals surface area (Å²) in [5.74, 6) is -0.942.